The van der Waals surface area contributed by atoms with E-state index in [-0.39, 0.29) is 19.1 Å². The van der Waals surface area contributed by atoms with Crippen LogP contribution in [0.15, 0.2) is 0 Å². The number of rotatable bonds is 44. The highest BCUT2D eigenvalue weighted by molar-refractivity contribution is 7.47. The first kappa shape index (κ1) is 54.5. The lowest BCUT2D eigenvalue weighted by Gasteiger charge is -2.26. The van der Waals surface area contributed by atoms with Crippen LogP contribution in [0.25, 0.3) is 0 Å². The van der Waals surface area contributed by atoms with Gasteiger partial charge in [0, 0.05) is 6.42 Å². The van der Waals surface area contributed by atoms with Gasteiger partial charge in [0.25, 0.3) is 0 Å². The smallest absolute Gasteiger partial charge is 0.391 e. The summed E-state index contributed by atoms with van der Waals surface area (Å²) in [4.78, 5) is 23.2. The van der Waals surface area contributed by atoms with E-state index in [1.807, 2.05) is 21.1 Å². The lowest BCUT2D eigenvalue weighted by molar-refractivity contribution is -0.870. The molecule has 0 aromatic heterocycles. The van der Waals surface area contributed by atoms with E-state index in [1.54, 1.807) is 0 Å². The number of aliphatic hydroxyl groups is 1. The van der Waals surface area contributed by atoms with Crippen molar-refractivity contribution in [1.82, 2.24) is 5.32 Å². The highest BCUT2D eigenvalue weighted by Crippen LogP contribution is 2.43. The topological polar surface area (TPSA) is 105 Å². The summed E-state index contributed by atoms with van der Waals surface area (Å²) in [6.45, 7) is 4.91. The van der Waals surface area contributed by atoms with Crippen molar-refractivity contribution < 1.29 is 32.9 Å². The van der Waals surface area contributed by atoms with E-state index in [9.17, 15) is 19.4 Å². The zero-order chi connectivity index (χ0) is 40.7. The van der Waals surface area contributed by atoms with E-state index >= 15 is 0 Å². The molecular formula is C46H96N2O6P+. The third-order valence-corrected chi connectivity index (χ3v) is 12.1. The quantitative estimate of drug-likeness (QED) is 0.0322. The average molecular weight is 804 g/mol. The minimum Gasteiger partial charge on any atom is -0.391 e. The van der Waals surface area contributed by atoms with Crippen LogP contribution in [0.3, 0.4) is 0 Å². The lowest BCUT2D eigenvalue weighted by atomic mass is 10.0. The Labute approximate surface area is 342 Å². The van der Waals surface area contributed by atoms with Crippen molar-refractivity contribution in [3.63, 3.8) is 0 Å². The van der Waals surface area contributed by atoms with Crippen LogP contribution in [-0.2, 0) is 18.4 Å². The van der Waals surface area contributed by atoms with Gasteiger partial charge in [-0.3, -0.25) is 13.8 Å². The third-order valence-electron chi connectivity index (χ3n) is 11.1. The summed E-state index contributed by atoms with van der Waals surface area (Å²) in [5.74, 6) is -0.140. The molecular weight excluding hydrogens is 707 g/mol. The van der Waals surface area contributed by atoms with Crippen LogP contribution < -0.4 is 5.32 Å². The molecule has 0 heterocycles. The van der Waals surface area contributed by atoms with Gasteiger partial charge < -0.3 is 19.8 Å². The van der Waals surface area contributed by atoms with Crippen molar-refractivity contribution in [2.24, 2.45) is 0 Å². The largest absolute Gasteiger partial charge is 0.472 e. The second kappa shape index (κ2) is 39.0. The molecule has 0 aromatic rings. The number of quaternary nitrogens is 1. The molecule has 0 saturated heterocycles. The first-order chi connectivity index (χ1) is 26.5. The normalized spacial score (nSPS) is 14.2. The van der Waals surface area contributed by atoms with E-state index in [4.69, 9.17) is 9.05 Å². The molecule has 1 amide bonds. The van der Waals surface area contributed by atoms with E-state index in [0.717, 1.165) is 38.5 Å². The van der Waals surface area contributed by atoms with Gasteiger partial charge >= 0.3 is 7.82 Å². The van der Waals surface area contributed by atoms with Crippen LogP contribution in [-0.4, -0.2) is 73.4 Å². The Balaban J connectivity index is 4.23. The molecule has 0 aromatic carbocycles. The number of nitrogens with one attached hydrogen (secondary N) is 1. The standard InChI is InChI=1S/C46H95N2O6P/c1-6-8-10-12-14-16-18-20-21-22-23-24-25-26-28-30-32-34-36-38-40-46(50)47-44(43-54-55(51,52)53-42-41-48(3,4)5)45(49)39-37-35-33-31-29-27-19-17-15-13-11-9-7-2/h44-45,49H,6-43H2,1-5H3,(H-,47,50,51,52)/p+1. The van der Waals surface area contributed by atoms with Gasteiger partial charge in [-0.05, 0) is 12.8 Å². The molecule has 8 nitrogen and oxygen atoms in total. The van der Waals surface area contributed by atoms with Crippen molar-refractivity contribution in [2.45, 2.75) is 251 Å². The Morgan fingerprint density at radius 1 is 0.545 bits per heavy atom. The molecule has 3 N–H and O–H groups in total. The van der Waals surface area contributed by atoms with Gasteiger partial charge in [0.05, 0.1) is 39.9 Å². The number of nitrogens with zero attached hydrogens (tertiary/aromatic N) is 1. The lowest BCUT2D eigenvalue weighted by Crippen LogP contribution is -2.46. The molecule has 0 radical (unpaired) electrons. The van der Waals surface area contributed by atoms with Crippen LogP contribution in [0, 0.1) is 0 Å². The minimum atomic E-state index is -4.31. The maximum Gasteiger partial charge on any atom is 0.472 e. The summed E-state index contributed by atoms with van der Waals surface area (Å²) < 4.78 is 23.6. The highest BCUT2D eigenvalue weighted by atomic mass is 31.2. The number of carbonyl (C=O) groups is 1. The highest BCUT2D eigenvalue weighted by Gasteiger charge is 2.28. The number of phosphoric ester groups is 1. The number of aliphatic hydroxyl groups excluding tert-OH is 1. The van der Waals surface area contributed by atoms with Crippen LogP contribution in [0.5, 0.6) is 0 Å². The number of phosphoric acid groups is 1. The maximum absolute atomic E-state index is 12.9. The SMILES string of the molecule is CCCCCCCCCCCCCCCCCCCCCCC(=O)NC(COP(=O)(O)OCC[N+](C)(C)C)C(O)CCCCCCCCCCCCCCC. The Kier molecular flexibility index (Phi) is 38.6. The molecule has 0 bridgehead atoms. The summed E-state index contributed by atoms with van der Waals surface area (Å²) in [6, 6.07) is -0.752. The fraction of sp³-hybridized carbons (Fsp3) is 0.978. The number of amides is 1. The Morgan fingerprint density at radius 3 is 1.22 bits per heavy atom. The number of likely N-dealkylation sites (N-methyl/N-ethyl adjacent to an activating group) is 1. The molecule has 0 saturated carbocycles. The molecule has 0 aliphatic heterocycles. The zero-order valence-electron chi connectivity index (χ0n) is 37.4. The van der Waals surface area contributed by atoms with Crippen LogP contribution in [0.4, 0.5) is 0 Å². The summed E-state index contributed by atoms with van der Waals surface area (Å²) in [6.07, 6.45) is 42.7. The van der Waals surface area contributed by atoms with E-state index in [1.165, 1.54) is 173 Å². The van der Waals surface area contributed by atoms with Crippen molar-refractivity contribution in [3.05, 3.63) is 0 Å². The molecule has 0 spiro atoms. The number of hydrogen-bond donors (Lipinski definition) is 3. The predicted molar refractivity (Wildman–Crippen MR) is 236 cm³/mol. The van der Waals surface area contributed by atoms with Gasteiger partial charge in [0.1, 0.15) is 13.2 Å². The molecule has 3 atom stereocenters. The Morgan fingerprint density at radius 2 is 0.873 bits per heavy atom. The second-order valence-corrected chi connectivity index (χ2v) is 19.3. The second-order valence-electron chi connectivity index (χ2n) is 17.9. The van der Waals surface area contributed by atoms with Crippen molar-refractivity contribution >= 4 is 13.7 Å². The van der Waals surface area contributed by atoms with E-state index in [2.05, 4.69) is 19.2 Å². The fourth-order valence-corrected chi connectivity index (χ4v) is 8.02. The molecule has 0 aliphatic carbocycles. The molecule has 330 valence electrons. The minimum absolute atomic E-state index is 0.0786. The molecule has 0 aliphatic rings. The Bertz CT molecular complexity index is 870. The van der Waals surface area contributed by atoms with Crippen molar-refractivity contribution in [3.8, 4) is 0 Å². The fourth-order valence-electron chi connectivity index (χ4n) is 7.28. The average Bonchev–Trinajstić information content (AvgIpc) is 3.13. The predicted octanol–water partition coefficient (Wildman–Crippen LogP) is 13.4. The van der Waals surface area contributed by atoms with Gasteiger partial charge in [0.15, 0.2) is 0 Å². The van der Waals surface area contributed by atoms with Crippen LogP contribution in [0.1, 0.15) is 239 Å². The summed E-state index contributed by atoms with van der Waals surface area (Å²) in [7, 11) is 1.63. The molecule has 55 heavy (non-hydrogen) atoms. The molecule has 0 fully saturated rings. The number of carbonyl (C=O) groups excluding carboxylic acids is 1. The first-order valence-corrected chi connectivity index (χ1v) is 25.4. The van der Waals surface area contributed by atoms with E-state index in [0.29, 0.717) is 23.9 Å². The monoisotopic (exact) mass is 804 g/mol. The molecule has 3 unspecified atom stereocenters. The van der Waals surface area contributed by atoms with Crippen molar-refractivity contribution in [2.75, 3.05) is 40.9 Å². The zero-order valence-corrected chi connectivity index (χ0v) is 38.3. The maximum atomic E-state index is 12.9. The Hall–Kier alpha value is -0.500. The number of unbranched alkanes of at least 4 members (excludes halogenated alkanes) is 31. The van der Waals surface area contributed by atoms with Gasteiger partial charge in [-0.2, -0.15) is 0 Å². The van der Waals surface area contributed by atoms with Gasteiger partial charge in [-0.25, -0.2) is 4.57 Å². The first-order valence-electron chi connectivity index (χ1n) is 23.9. The summed E-state index contributed by atoms with van der Waals surface area (Å²) in [5, 5.41) is 14.0. The van der Waals surface area contributed by atoms with Gasteiger partial charge in [-0.1, -0.05) is 219 Å². The third kappa shape index (κ3) is 41.5. The van der Waals surface area contributed by atoms with Crippen LogP contribution >= 0.6 is 7.82 Å². The summed E-state index contributed by atoms with van der Waals surface area (Å²) in [5.41, 5.74) is 0. The summed E-state index contributed by atoms with van der Waals surface area (Å²) >= 11 is 0. The van der Waals surface area contributed by atoms with E-state index < -0.39 is 20.0 Å². The molecule has 0 rings (SSSR count). The van der Waals surface area contributed by atoms with Crippen LogP contribution in [0.2, 0.25) is 0 Å². The number of hydrogen-bond acceptors (Lipinski definition) is 5. The molecule has 9 heteroatoms. The van der Waals surface area contributed by atoms with Crippen molar-refractivity contribution in [1.29, 1.82) is 0 Å². The van der Waals surface area contributed by atoms with Gasteiger partial charge in [-0.15, -0.1) is 0 Å². The van der Waals surface area contributed by atoms with Gasteiger partial charge in [0.2, 0.25) is 5.91 Å².